The standard InChI is InChI=1S/C15H31N3O/c1-13(2)17-15(19)12-18(11-7-10-16)14-8-5-3-4-6-9-14/h13-14H,3-12,16H2,1-2H3,(H,17,19). The van der Waals surface area contributed by atoms with Gasteiger partial charge in [-0.3, -0.25) is 9.69 Å². The molecule has 1 aliphatic rings. The smallest absolute Gasteiger partial charge is 0.234 e. The molecular weight excluding hydrogens is 238 g/mol. The van der Waals surface area contributed by atoms with Crippen LogP contribution in [0.1, 0.15) is 58.8 Å². The van der Waals surface area contributed by atoms with Crippen LogP contribution < -0.4 is 11.1 Å². The average Bonchev–Trinajstić information content (AvgIpc) is 2.62. The molecule has 19 heavy (non-hydrogen) atoms. The van der Waals surface area contributed by atoms with Crippen LogP contribution in [-0.2, 0) is 4.79 Å². The van der Waals surface area contributed by atoms with Crippen molar-refractivity contribution in [2.45, 2.75) is 70.9 Å². The monoisotopic (exact) mass is 269 g/mol. The molecule has 0 radical (unpaired) electrons. The van der Waals surface area contributed by atoms with E-state index in [1.807, 2.05) is 13.8 Å². The second kappa shape index (κ2) is 9.32. The van der Waals surface area contributed by atoms with Gasteiger partial charge in [-0.2, -0.15) is 0 Å². The van der Waals surface area contributed by atoms with E-state index in [1.54, 1.807) is 0 Å². The lowest BCUT2D eigenvalue weighted by Crippen LogP contribution is -2.45. The van der Waals surface area contributed by atoms with Crippen molar-refractivity contribution in [1.29, 1.82) is 0 Å². The Balaban J connectivity index is 2.51. The zero-order valence-corrected chi connectivity index (χ0v) is 12.7. The number of rotatable bonds is 7. The second-order valence-electron chi connectivity index (χ2n) is 5.98. The molecule has 0 aromatic rings. The number of amides is 1. The first kappa shape index (κ1) is 16.4. The molecule has 0 spiro atoms. The van der Waals surface area contributed by atoms with Gasteiger partial charge in [0.25, 0.3) is 0 Å². The molecule has 0 atom stereocenters. The van der Waals surface area contributed by atoms with Crippen LogP contribution in [0.25, 0.3) is 0 Å². The number of carbonyl (C=O) groups excluding carboxylic acids is 1. The highest BCUT2D eigenvalue weighted by atomic mass is 16.2. The zero-order valence-electron chi connectivity index (χ0n) is 12.7. The Labute approximate surface area is 118 Å². The number of hydrogen-bond acceptors (Lipinski definition) is 3. The first-order valence-electron chi connectivity index (χ1n) is 7.87. The molecule has 1 aliphatic carbocycles. The van der Waals surface area contributed by atoms with Crippen LogP contribution in [0.2, 0.25) is 0 Å². The van der Waals surface area contributed by atoms with Gasteiger partial charge in [0.1, 0.15) is 0 Å². The molecule has 0 saturated heterocycles. The normalized spacial score (nSPS) is 17.7. The highest BCUT2D eigenvalue weighted by Gasteiger charge is 2.21. The summed E-state index contributed by atoms with van der Waals surface area (Å²) in [5.74, 6) is 0.149. The van der Waals surface area contributed by atoms with Crippen molar-refractivity contribution >= 4 is 5.91 Å². The molecule has 0 aromatic heterocycles. The summed E-state index contributed by atoms with van der Waals surface area (Å²) in [6, 6.07) is 0.796. The van der Waals surface area contributed by atoms with Crippen LogP contribution in [0.15, 0.2) is 0 Å². The molecule has 0 heterocycles. The van der Waals surface area contributed by atoms with Crippen LogP contribution >= 0.6 is 0 Å². The molecule has 0 unspecified atom stereocenters. The Hall–Kier alpha value is -0.610. The number of carbonyl (C=O) groups is 1. The predicted molar refractivity (Wildman–Crippen MR) is 80.0 cm³/mol. The van der Waals surface area contributed by atoms with Crippen LogP contribution in [0.4, 0.5) is 0 Å². The van der Waals surface area contributed by atoms with Crippen molar-refractivity contribution in [1.82, 2.24) is 10.2 Å². The molecular formula is C15H31N3O. The van der Waals surface area contributed by atoms with Crippen molar-refractivity contribution in [3.8, 4) is 0 Å². The van der Waals surface area contributed by atoms with Gasteiger partial charge >= 0.3 is 0 Å². The summed E-state index contributed by atoms with van der Waals surface area (Å²) in [5, 5.41) is 2.99. The van der Waals surface area contributed by atoms with Crippen LogP contribution in [-0.4, -0.2) is 42.5 Å². The minimum absolute atomic E-state index is 0.149. The third-order valence-electron chi connectivity index (χ3n) is 3.79. The Morgan fingerprint density at radius 3 is 2.42 bits per heavy atom. The van der Waals surface area contributed by atoms with Crippen LogP contribution in [0, 0.1) is 0 Å². The highest BCUT2D eigenvalue weighted by Crippen LogP contribution is 2.21. The molecule has 0 bridgehead atoms. The van der Waals surface area contributed by atoms with E-state index in [2.05, 4.69) is 10.2 Å². The van der Waals surface area contributed by atoms with Gasteiger partial charge in [0, 0.05) is 18.6 Å². The fraction of sp³-hybridized carbons (Fsp3) is 0.933. The summed E-state index contributed by atoms with van der Waals surface area (Å²) in [5.41, 5.74) is 5.62. The van der Waals surface area contributed by atoms with E-state index in [1.165, 1.54) is 38.5 Å². The summed E-state index contributed by atoms with van der Waals surface area (Å²) < 4.78 is 0. The zero-order chi connectivity index (χ0) is 14.1. The fourth-order valence-electron chi connectivity index (χ4n) is 2.86. The Morgan fingerprint density at radius 2 is 1.89 bits per heavy atom. The molecule has 0 aliphatic heterocycles. The topological polar surface area (TPSA) is 58.4 Å². The molecule has 1 amide bonds. The molecule has 4 nitrogen and oxygen atoms in total. The van der Waals surface area contributed by atoms with E-state index in [-0.39, 0.29) is 11.9 Å². The quantitative estimate of drug-likeness (QED) is 0.694. The van der Waals surface area contributed by atoms with Crippen LogP contribution in [0.3, 0.4) is 0 Å². The van der Waals surface area contributed by atoms with Gasteiger partial charge < -0.3 is 11.1 Å². The summed E-state index contributed by atoms with van der Waals surface area (Å²) in [7, 11) is 0. The van der Waals surface area contributed by atoms with Crippen molar-refractivity contribution < 1.29 is 4.79 Å². The molecule has 112 valence electrons. The molecule has 1 fully saturated rings. The summed E-state index contributed by atoms with van der Waals surface area (Å²) in [6.07, 6.45) is 8.74. The highest BCUT2D eigenvalue weighted by molar-refractivity contribution is 5.78. The third-order valence-corrected chi connectivity index (χ3v) is 3.79. The number of nitrogens with zero attached hydrogens (tertiary/aromatic N) is 1. The maximum atomic E-state index is 12.0. The summed E-state index contributed by atoms with van der Waals surface area (Å²) in [4.78, 5) is 14.3. The van der Waals surface area contributed by atoms with Gasteiger partial charge in [-0.25, -0.2) is 0 Å². The number of nitrogens with two attached hydrogens (primary N) is 1. The SMILES string of the molecule is CC(C)NC(=O)CN(CCCN)C1CCCCCC1. The molecule has 3 N–H and O–H groups in total. The Bertz CT molecular complexity index is 248. The second-order valence-corrected chi connectivity index (χ2v) is 5.98. The van der Waals surface area contributed by atoms with E-state index >= 15 is 0 Å². The van der Waals surface area contributed by atoms with Gasteiger partial charge in [0.05, 0.1) is 6.54 Å². The number of nitrogens with one attached hydrogen (secondary N) is 1. The molecule has 1 rings (SSSR count). The summed E-state index contributed by atoms with van der Waals surface area (Å²) in [6.45, 7) is 6.20. The maximum absolute atomic E-state index is 12.0. The van der Waals surface area contributed by atoms with E-state index in [0.717, 1.165) is 13.0 Å². The van der Waals surface area contributed by atoms with Gasteiger partial charge in [-0.1, -0.05) is 25.7 Å². The largest absolute Gasteiger partial charge is 0.353 e. The van der Waals surface area contributed by atoms with Gasteiger partial charge in [0.2, 0.25) is 5.91 Å². The van der Waals surface area contributed by atoms with Crippen molar-refractivity contribution in [2.75, 3.05) is 19.6 Å². The van der Waals surface area contributed by atoms with Crippen molar-refractivity contribution in [3.05, 3.63) is 0 Å². The van der Waals surface area contributed by atoms with Crippen LogP contribution in [0.5, 0.6) is 0 Å². The first-order chi connectivity index (χ1) is 9.13. The van der Waals surface area contributed by atoms with Crippen molar-refractivity contribution in [2.24, 2.45) is 5.73 Å². The Morgan fingerprint density at radius 1 is 1.26 bits per heavy atom. The molecule has 0 aromatic carbocycles. The Kier molecular flexibility index (Phi) is 8.07. The summed E-state index contributed by atoms with van der Waals surface area (Å²) >= 11 is 0. The third kappa shape index (κ3) is 6.92. The molecule has 4 heteroatoms. The average molecular weight is 269 g/mol. The van der Waals surface area contributed by atoms with E-state index < -0.39 is 0 Å². The minimum Gasteiger partial charge on any atom is -0.353 e. The predicted octanol–water partition coefficient (Wildman–Crippen LogP) is 1.88. The minimum atomic E-state index is 0.149. The van der Waals surface area contributed by atoms with Gasteiger partial charge in [-0.05, 0) is 39.7 Å². The van der Waals surface area contributed by atoms with Crippen molar-refractivity contribution in [3.63, 3.8) is 0 Å². The fourth-order valence-corrected chi connectivity index (χ4v) is 2.86. The van der Waals surface area contributed by atoms with E-state index in [0.29, 0.717) is 19.1 Å². The maximum Gasteiger partial charge on any atom is 0.234 e. The lowest BCUT2D eigenvalue weighted by Gasteiger charge is -2.30. The van der Waals surface area contributed by atoms with E-state index in [4.69, 9.17) is 5.73 Å². The van der Waals surface area contributed by atoms with E-state index in [9.17, 15) is 4.79 Å². The lowest BCUT2D eigenvalue weighted by atomic mass is 10.1. The van der Waals surface area contributed by atoms with Gasteiger partial charge in [0.15, 0.2) is 0 Å². The van der Waals surface area contributed by atoms with Gasteiger partial charge in [-0.15, -0.1) is 0 Å². The first-order valence-corrected chi connectivity index (χ1v) is 7.87. The lowest BCUT2D eigenvalue weighted by molar-refractivity contribution is -0.123. The molecule has 1 saturated carbocycles. The number of hydrogen-bond donors (Lipinski definition) is 2.